The van der Waals surface area contributed by atoms with Gasteiger partial charge in [-0.15, -0.1) is 24.4 Å². The molecule has 0 bridgehead atoms. The van der Waals surface area contributed by atoms with Crippen molar-refractivity contribution in [2.75, 3.05) is 23.2 Å². The maximum Gasteiger partial charge on any atom is 0.356 e. The Morgan fingerprint density at radius 1 is 1.37 bits per heavy atom. The molecular formula is C20H19FN4O3S2. The Kier molecular flexibility index (Phi) is 5.97. The molecule has 0 radical (unpaired) electrons. The third kappa shape index (κ3) is 3.38. The van der Waals surface area contributed by atoms with E-state index < -0.39 is 22.8 Å². The highest BCUT2D eigenvalue weighted by molar-refractivity contribution is 7.98. The Balaban J connectivity index is 2.06. The van der Waals surface area contributed by atoms with Crippen molar-refractivity contribution in [2.24, 2.45) is 0 Å². The summed E-state index contributed by atoms with van der Waals surface area (Å²) in [5.41, 5.74) is -1.01. The number of hydrogen-bond donors (Lipinski definition) is 1. The normalized spacial score (nSPS) is 17.8. The summed E-state index contributed by atoms with van der Waals surface area (Å²) in [6.07, 6.45) is 3.11. The van der Waals surface area contributed by atoms with Gasteiger partial charge in [-0.2, -0.15) is 5.26 Å². The second kappa shape index (κ2) is 8.16. The van der Waals surface area contributed by atoms with Gasteiger partial charge in [0.15, 0.2) is 11.3 Å². The molecule has 10 heteroatoms. The number of anilines is 2. The van der Waals surface area contributed by atoms with E-state index in [4.69, 9.17) is 0 Å². The molecular weight excluding hydrogens is 427 g/mol. The number of esters is 1. The average Bonchev–Trinajstić information content (AvgIpc) is 2.91. The highest BCUT2D eigenvalue weighted by Crippen LogP contribution is 2.42. The van der Waals surface area contributed by atoms with Crippen LogP contribution in [0.15, 0.2) is 35.4 Å². The number of carbonyl (C=O) groups excluding carboxylic acids is 2. The summed E-state index contributed by atoms with van der Waals surface area (Å²) < 4.78 is 19.8. The zero-order chi connectivity index (χ0) is 22.2. The lowest BCUT2D eigenvalue weighted by Crippen LogP contribution is -2.45. The fourth-order valence-electron chi connectivity index (χ4n) is 3.37. The Bertz CT molecular complexity index is 1050. The number of thiol groups is 1. The van der Waals surface area contributed by atoms with Crippen molar-refractivity contribution >= 4 is 47.6 Å². The van der Waals surface area contributed by atoms with Crippen molar-refractivity contribution < 1.29 is 18.7 Å². The summed E-state index contributed by atoms with van der Waals surface area (Å²) in [7, 11) is 1.26. The van der Waals surface area contributed by atoms with Crippen molar-refractivity contribution in [2.45, 2.75) is 29.8 Å². The number of ether oxygens (including phenoxy) is 1. The number of amides is 1. The van der Waals surface area contributed by atoms with Gasteiger partial charge < -0.3 is 9.64 Å². The van der Waals surface area contributed by atoms with E-state index in [9.17, 15) is 14.9 Å². The fourth-order valence-corrected chi connectivity index (χ4v) is 4.64. The van der Waals surface area contributed by atoms with Crippen molar-refractivity contribution in [3.05, 3.63) is 47.5 Å². The number of halogens is 1. The topological polar surface area (TPSA) is 86.5 Å². The zero-order valence-electron chi connectivity index (χ0n) is 16.7. The lowest BCUT2D eigenvalue weighted by Gasteiger charge is -2.33. The molecule has 0 saturated carbocycles. The summed E-state index contributed by atoms with van der Waals surface area (Å²) in [5.74, 6) is -1.59. The molecule has 2 aromatic rings. The Labute approximate surface area is 183 Å². The lowest BCUT2D eigenvalue weighted by molar-refractivity contribution is -0.120. The quantitative estimate of drug-likeness (QED) is 0.437. The molecule has 0 spiro atoms. The maximum absolute atomic E-state index is 15.2. The van der Waals surface area contributed by atoms with Crippen LogP contribution in [0, 0.1) is 17.1 Å². The van der Waals surface area contributed by atoms with E-state index in [1.807, 2.05) is 6.07 Å². The molecule has 1 unspecified atom stereocenters. The number of methoxy groups -OCH3 is 1. The monoisotopic (exact) mass is 446 g/mol. The van der Waals surface area contributed by atoms with Gasteiger partial charge >= 0.3 is 5.97 Å². The van der Waals surface area contributed by atoms with Crippen LogP contribution in [0.1, 0.15) is 29.9 Å². The molecule has 2 heterocycles. The van der Waals surface area contributed by atoms with Gasteiger partial charge in [0.25, 0.3) is 5.91 Å². The minimum absolute atomic E-state index is 0.0399. The van der Waals surface area contributed by atoms with Gasteiger partial charge in [0.1, 0.15) is 17.3 Å². The van der Waals surface area contributed by atoms with E-state index in [-0.39, 0.29) is 27.7 Å². The van der Waals surface area contributed by atoms with Crippen LogP contribution in [0.4, 0.5) is 15.8 Å². The second-order valence-corrected chi connectivity index (χ2v) is 8.21. The average molecular weight is 447 g/mol. The van der Waals surface area contributed by atoms with Crippen LogP contribution in [0.2, 0.25) is 0 Å². The molecule has 1 fully saturated rings. The molecule has 1 amide bonds. The number of nitrogens with zero attached hydrogens (tertiary/aromatic N) is 4. The van der Waals surface area contributed by atoms with Gasteiger partial charge in [-0.05, 0) is 44.4 Å². The Morgan fingerprint density at radius 3 is 2.60 bits per heavy atom. The molecule has 30 heavy (non-hydrogen) atoms. The molecule has 1 aliphatic rings. The fraction of sp³-hybridized carbons (Fsp3) is 0.300. The molecule has 156 valence electrons. The minimum Gasteiger partial charge on any atom is -0.464 e. The number of hydrogen-bond acceptors (Lipinski definition) is 8. The predicted octanol–water partition coefficient (Wildman–Crippen LogP) is 3.45. The van der Waals surface area contributed by atoms with Crippen LogP contribution < -0.4 is 9.80 Å². The van der Waals surface area contributed by atoms with E-state index in [0.29, 0.717) is 5.69 Å². The molecule has 1 saturated heterocycles. The van der Waals surface area contributed by atoms with E-state index in [2.05, 4.69) is 22.3 Å². The van der Waals surface area contributed by atoms with E-state index in [1.54, 1.807) is 31.1 Å². The molecule has 1 aromatic heterocycles. The SMILES string of the molecule is COC(=O)c1ccc(N2C(S)N(c3ccc(C#N)c(SC)c3F)C(=O)C2(C)C)cn1. The van der Waals surface area contributed by atoms with Gasteiger partial charge in [0, 0.05) is 0 Å². The summed E-state index contributed by atoms with van der Waals surface area (Å²) in [6, 6.07) is 7.97. The minimum atomic E-state index is -1.07. The Morgan fingerprint density at radius 2 is 2.07 bits per heavy atom. The maximum atomic E-state index is 15.2. The van der Waals surface area contributed by atoms with Crippen LogP contribution in [0.5, 0.6) is 0 Å². The van der Waals surface area contributed by atoms with E-state index in [1.165, 1.54) is 36.4 Å². The number of pyridine rings is 1. The van der Waals surface area contributed by atoms with Crippen LogP contribution in [0.25, 0.3) is 0 Å². The molecule has 1 atom stereocenters. The first-order valence-corrected chi connectivity index (χ1v) is 10.5. The molecule has 0 N–H and O–H groups in total. The molecule has 1 aromatic carbocycles. The largest absolute Gasteiger partial charge is 0.464 e. The number of thioether (sulfide) groups is 1. The molecule has 0 aliphatic carbocycles. The van der Waals surface area contributed by atoms with Crippen molar-refractivity contribution in [1.29, 1.82) is 5.26 Å². The van der Waals surface area contributed by atoms with Crippen LogP contribution in [0.3, 0.4) is 0 Å². The second-order valence-electron chi connectivity index (χ2n) is 6.94. The molecule has 1 aliphatic heterocycles. The number of aromatic nitrogens is 1. The number of rotatable bonds is 4. The van der Waals surface area contributed by atoms with Gasteiger partial charge in [-0.3, -0.25) is 9.69 Å². The number of carbonyl (C=O) groups is 2. The zero-order valence-corrected chi connectivity index (χ0v) is 18.4. The van der Waals surface area contributed by atoms with Crippen molar-refractivity contribution in [3.63, 3.8) is 0 Å². The summed E-state index contributed by atoms with van der Waals surface area (Å²) in [6.45, 7) is 3.40. The van der Waals surface area contributed by atoms with Crippen LogP contribution in [-0.2, 0) is 9.53 Å². The first-order valence-electron chi connectivity index (χ1n) is 8.81. The number of benzene rings is 1. The van der Waals surface area contributed by atoms with Gasteiger partial charge in [-0.25, -0.2) is 14.2 Å². The summed E-state index contributed by atoms with van der Waals surface area (Å²) in [5, 5.41) is 9.21. The van der Waals surface area contributed by atoms with E-state index >= 15 is 4.39 Å². The summed E-state index contributed by atoms with van der Waals surface area (Å²) in [4.78, 5) is 32.1. The van der Waals surface area contributed by atoms with E-state index in [0.717, 1.165) is 11.8 Å². The molecule has 7 nitrogen and oxygen atoms in total. The highest BCUT2D eigenvalue weighted by Gasteiger charge is 2.52. The van der Waals surface area contributed by atoms with Gasteiger partial charge in [0.2, 0.25) is 0 Å². The molecule has 3 rings (SSSR count). The van der Waals surface area contributed by atoms with Gasteiger partial charge in [0.05, 0.1) is 35.1 Å². The smallest absolute Gasteiger partial charge is 0.356 e. The lowest BCUT2D eigenvalue weighted by atomic mass is 10.0. The van der Waals surface area contributed by atoms with Crippen molar-refractivity contribution in [3.8, 4) is 6.07 Å². The summed E-state index contributed by atoms with van der Waals surface area (Å²) >= 11 is 5.69. The third-order valence-corrected chi connectivity index (χ3v) is 6.16. The Hall–Kier alpha value is -2.77. The van der Waals surface area contributed by atoms with Crippen LogP contribution in [-0.4, -0.2) is 41.3 Å². The van der Waals surface area contributed by atoms with Crippen molar-refractivity contribution in [1.82, 2.24) is 4.98 Å². The third-order valence-electron chi connectivity index (χ3n) is 4.89. The first kappa shape index (κ1) is 21.9. The standard InChI is InChI=1S/C20H19FN4O3S2/c1-20(2)18(27)24(14-8-5-11(9-22)16(30-4)15(14)21)19(29)25(20)12-6-7-13(23-10-12)17(26)28-3/h5-8,10,19,29H,1-4H3. The highest BCUT2D eigenvalue weighted by atomic mass is 32.2. The number of nitriles is 1. The first-order chi connectivity index (χ1) is 14.2. The van der Waals surface area contributed by atoms with Crippen LogP contribution >= 0.6 is 24.4 Å². The predicted molar refractivity (Wildman–Crippen MR) is 115 cm³/mol. The van der Waals surface area contributed by atoms with Gasteiger partial charge in [-0.1, -0.05) is 0 Å².